The molecule has 0 aliphatic rings. The number of rotatable bonds is 73. The lowest BCUT2D eigenvalue weighted by molar-refractivity contribution is 1.11. The van der Waals surface area contributed by atoms with Gasteiger partial charge in [0.05, 0.1) is 0 Å². The number of hydrogen-bond donors (Lipinski definition) is 1. The first-order chi connectivity index (χ1) is 38.6. The fraction of sp³-hybridized carbons (Fsp3) is 1.00. The Morgan fingerprint density at radius 3 is 0.397 bits per heavy atom. The monoisotopic (exact) mass is 2440 g/mol. The van der Waals surface area contributed by atoms with Gasteiger partial charge in [0, 0.05) is 546 Å². The summed E-state index contributed by atoms with van der Waals surface area (Å²) in [5, 5.41) is 0. The number of thiol groups is 1. The molecule has 0 saturated carbocycles. The summed E-state index contributed by atoms with van der Waals surface area (Å²) in [5.41, 5.74) is 0. The van der Waals surface area contributed by atoms with Gasteiger partial charge in [-0.15, -0.1) is 0 Å². The van der Waals surface area contributed by atoms with Crippen LogP contribution < -0.4 is 0 Å². The summed E-state index contributed by atoms with van der Waals surface area (Å²) in [5.74, 6) is 0.981. The molecule has 0 rings (SSSR count). The van der Waals surface area contributed by atoms with E-state index in [1.54, 1.807) is 108 Å². The molecule has 0 atom stereocenters. The molecule has 0 aliphatic heterocycles. The Labute approximate surface area is 735 Å². The van der Waals surface area contributed by atoms with E-state index < -0.39 is 6.18 Å². The first-order valence-corrected chi connectivity index (χ1v) is 113. The van der Waals surface area contributed by atoms with Crippen LogP contribution in [0, 0.1) is 0 Å². The van der Waals surface area contributed by atoms with E-state index in [0.29, 0.717) is 0 Å². The Kier molecular flexibility index (Phi) is 130. The van der Waals surface area contributed by atoms with Crippen LogP contribution in [0.15, 0.2) is 0 Å². The Morgan fingerprint density at radius 2 is 0.295 bits per heavy atom. The van der Waals surface area contributed by atoms with Crippen LogP contribution >= 0.6 is 709 Å². The Hall–Kier alpha value is 26.0. The van der Waals surface area contributed by atoms with E-state index in [1.165, 1.54) is 9.83 Å². The smallest absolute Gasteiger partial charge is 0.0118 e. The van der Waals surface area contributed by atoms with E-state index >= 15 is 0 Å². The zero-order chi connectivity index (χ0) is 56.1. The van der Waals surface area contributed by atoms with Crippen molar-refractivity contribution in [2.75, 3.05) is 5.75 Å². The maximum Gasteiger partial charge on any atom is 0.0118 e. The van der Waals surface area contributed by atoms with Gasteiger partial charge >= 0.3 is 0 Å². The zero-order valence-electron chi connectivity index (χ0n) is 33.1. The van der Waals surface area contributed by atoms with Crippen molar-refractivity contribution < 1.29 is 0 Å². The first-order valence-electron chi connectivity index (χ1n) is 13.8. The highest BCUT2D eigenvalue weighted by Gasteiger charge is 2.08. The predicted octanol–water partition coefficient (Wildman–Crippen LogP) is 47.3. The zero-order valence-corrected chi connectivity index (χ0v) is 94.4. The minimum absolute atomic E-state index is 0.981. The molecular weight excluding hydrogens is 2440 g/mol. The summed E-state index contributed by atoms with van der Waals surface area (Å²) in [4.78, 5) is 0. The van der Waals surface area contributed by atoms with Crippen molar-refractivity contribution in [1.82, 2.24) is 0 Å². The molecule has 0 amide bonds. The van der Waals surface area contributed by atoms with E-state index in [4.69, 9.17) is 22.4 Å². The van der Waals surface area contributed by atoms with Gasteiger partial charge in [-0.25, -0.2) is 0 Å². The summed E-state index contributed by atoms with van der Waals surface area (Å²) in [6.07, 6.45) is -0.237. The van der Waals surface area contributed by atoms with Crippen LogP contribution in [0.5, 0.6) is 0 Å². The van der Waals surface area contributed by atoms with Gasteiger partial charge in [0.1, 0.15) is 0 Å². The fourth-order valence-electron chi connectivity index (χ4n) is 1.11. The summed E-state index contributed by atoms with van der Waals surface area (Å²) in [6, 6.07) is 0. The highest BCUT2D eigenvalue weighted by Crippen LogP contribution is 2.71. The molecule has 0 N–H and O–H groups in total. The van der Waals surface area contributed by atoms with Crippen molar-refractivity contribution in [3.8, 4) is 0 Å². The molecule has 0 bridgehead atoms. The molecule has 0 spiro atoms. The molecule has 470 valence electrons. The molecule has 0 unspecified atom stereocenters. The molecule has 0 radical (unpaired) electrons. The summed E-state index contributed by atoms with van der Waals surface area (Å²) >= 11 is 15.1. The average Bonchev–Trinajstić information content (AvgIpc) is 3.43. The van der Waals surface area contributed by atoms with Crippen molar-refractivity contribution in [1.29, 1.82) is 0 Å². The second-order valence-corrected chi connectivity index (χ2v) is 140. The second kappa shape index (κ2) is 97.2. The van der Waals surface area contributed by atoms with E-state index in [-0.39, 0.29) is 0 Å². The van der Waals surface area contributed by atoms with Crippen molar-refractivity contribution in [3.05, 3.63) is 0 Å². The molecule has 75 heteroatoms. The lowest BCUT2D eigenvalue weighted by atomic mass is 10.6. The second-order valence-electron chi connectivity index (χ2n) is 6.10. The molecule has 0 aliphatic carbocycles. The molecular formula is C3H8S75. The standard InChI is InChI=1S/C3H8S75/c1-2-3-78(5,6)77-76-75-74-73-72-71-70-69-68-67-66-65-64-63-62-61-60-59-58-57-56-55-54-53-52-51-50-49-48-47-46-45-44-43-42-41-40-39-38-37-36-35-34-33-32-31-30-29-28-27-26-25-24-23-22-21-20-19-18-17-16-15-14-13-12-11-10-9-8-7-4/h4H,2-3H2,1H3. The molecule has 0 fully saturated rings. The third kappa shape index (κ3) is 98.1. The van der Waals surface area contributed by atoms with Crippen LogP contribution in [0.3, 0.4) is 0 Å². The largest absolute Gasteiger partial charge is 0.0988 e. The van der Waals surface area contributed by atoms with Crippen LogP contribution in [-0.4, -0.2) is 5.75 Å². The van der Waals surface area contributed by atoms with Crippen LogP contribution in [-0.2, 0) is 28.6 Å². The summed E-state index contributed by atoms with van der Waals surface area (Å²) in [7, 11) is 129. The van der Waals surface area contributed by atoms with E-state index in [0.717, 1.165) is 12.2 Å². The van der Waals surface area contributed by atoms with Crippen LogP contribution in [0.2, 0.25) is 0 Å². The van der Waals surface area contributed by atoms with Gasteiger partial charge < -0.3 is 0 Å². The van der Waals surface area contributed by atoms with Gasteiger partial charge in [0.25, 0.3) is 0 Å². The molecule has 0 aromatic heterocycles. The van der Waals surface area contributed by atoms with Crippen LogP contribution in [0.4, 0.5) is 0 Å². The third-order valence-corrected chi connectivity index (χ3v) is 166. The van der Waals surface area contributed by atoms with E-state index in [2.05, 4.69) is 18.6 Å². The van der Waals surface area contributed by atoms with Gasteiger partial charge in [-0.2, -0.15) is 0 Å². The minimum atomic E-state index is -1.32. The van der Waals surface area contributed by atoms with Crippen molar-refractivity contribution in [3.63, 3.8) is 0 Å². The normalized spacial score (nSPS) is 12.0. The predicted molar refractivity (Wildman–Crippen MR) is 585 cm³/mol. The van der Waals surface area contributed by atoms with Crippen molar-refractivity contribution in [2.24, 2.45) is 0 Å². The first kappa shape index (κ1) is 104. The van der Waals surface area contributed by atoms with Crippen molar-refractivity contribution >= 4 is 738 Å². The van der Waals surface area contributed by atoms with Crippen LogP contribution in [0.1, 0.15) is 13.3 Å². The lowest BCUT2D eigenvalue weighted by Gasteiger charge is -2.05. The molecule has 0 aromatic rings. The highest BCUT2D eigenvalue weighted by atomic mass is 34.1. The fourth-order valence-corrected chi connectivity index (χ4v) is 201. The summed E-state index contributed by atoms with van der Waals surface area (Å²) in [6.45, 7) is 2.15. The van der Waals surface area contributed by atoms with Crippen LogP contribution in [0.25, 0.3) is 0 Å². The summed E-state index contributed by atoms with van der Waals surface area (Å²) < 4.78 is 0. The van der Waals surface area contributed by atoms with Gasteiger partial charge in [0.2, 0.25) is 0 Å². The minimum Gasteiger partial charge on any atom is -0.0988 e. The Bertz CT molecular complexity index is 1130. The maximum absolute atomic E-state index is 5.50. The molecule has 0 heterocycles. The Morgan fingerprint density at radius 1 is 0.192 bits per heavy atom. The maximum atomic E-state index is 5.50. The number of hydrogen-bond acceptors (Lipinski definition) is 74. The molecule has 0 aromatic carbocycles. The quantitative estimate of drug-likeness (QED) is 0.0349. The third-order valence-electron chi connectivity index (χ3n) is 2.50. The molecule has 78 heavy (non-hydrogen) atoms. The van der Waals surface area contributed by atoms with Gasteiger partial charge in [-0.1, -0.05) is 18.6 Å². The van der Waals surface area contributed by atoms with Gasteiger partial charge in [-0.3, -0.25) is 0 Å². The lowest BCUT2D eigenvalue weighted by Crippen LogP contribution is -1.92. The molecule has 0 saturated heterocycles. The Balaban J connectivity index is 3.09. The van der Waals surface area contributed by atoms with Crippen molar-refractivity contribution in [2.45, 2.75) is 13.3 Å². The SMILES string of the molecule is CCCS(=S)(=S)SSSSSSSSSSSSSSSSSSSSSSSSSSSSSSSSSSSSSSSSSSSSSSSSSSSSSSSSSSSSSSSSSSSSSSSS. The molecule has 0 nitrogen and oxygen atoms in total. The van der Waals surface area contributed by atoms with E-state index in [9.17, 15) is 0 Å². The topological polar surface area (TPSA) is 0 Å². The van der Waals surface area contributed by atoms with E-state index in [1.807, 2.05) is 580 Å². The van der Waals surface area contributed by atoms with Gasteiger partial charge in [0.15, 0.2) is 0 Å². The average molecular weight is 2450 g/mol. The van der Waals surface area contributed by atoms with Gasteiger partial charge in [-0.05, 0) is 192 Å². The highest BCUT2D eigenvalue weighted by molar-refractivity contribution is 9.66.